The number of carbonyl (C=O) groups excluding carboxylic acids is 2. The van der Waals surface area contributed by atoms with Crippen molar-refractivity contribution in [1.29, 1.82) is 0 Å². The Balaban J connectivity index is 1.83. The molecule has 0 aliphatic rings. The minimum atomic E-state index is -0.707. The van der Waals surface area contributed by atoms with Gasteiger partial charge in [0, 0.05) is 24.1 Å². The Bertz CT molecular complexity index is 638. The van der Waals surface area contributed by atoms with Gasteiger partial charge in [-0.05, 0) is 44.2 Å². The molecule has 0 spiro atoms. The van der Waals surface area contributed by atoms with Crippen molar-refractivity contribution in [1.82, 2.24) is 15.1 Å². The molecule has 0 aliphatic heterocycles. The fraction of sp³-hybridized carbons (Fsp3) is 0.312. The summed E-state index contributed by atoms with van der Waals surface area (Å²) >= 11 is 0. The summed E-state index contributed by atoms with van der Waals surface area (Å²) in [7, 11) is 0. The van der Waals surface area contributed by atoms with Gasteiger partial charge in [-0.15, -0.1) is 0 Å². The van der Waals surface area contributed by atoms with Gasteiger partial charge in [-0.1, -0.05) is 0 Å². The topological polar surface area (TPSA) is 85.2 Å². The summed E-state index contributed by atoms with van der Waals surface area (Å²) in [4.78, 5) is 23.8. The van der Waals surface area contributed by atoms with E-state index in [1.807, 2.05) is 13.8 Å². The summed E-state index contributed by atoms with van der Waals surface area (Å²) in [5.74, 6) is -0.678. The van der Waals surface area contributed by atoms with E-state index >= 15 is 0 Å². The van der Waals surface area contributed by atoms with Crippen molar-refractivity contribution in [3.63, 3.8) is 0 Å². The number of rotatable bonds is 6. The highest BCUT2D eigenvalue weighted by atomic mass is 16.5. The van der Waals surface area contributed by atoms with Crippen LogP contribution in [0.2, 0.25) is 0 Å². The average Bonchev–Trinajstić information content (AvgIpc) is 3.02. The Kier molecular flexibility index (Phi) is 5.74. The number of hydrogen-bond donors (Lipinski definition) is 2. The second-order valence-corrected chi connectivity index (χ2v) is 5.01. The van der Waals surface area contributed by atoms with Crippen molar-refractivity contribution in [2.75, 3.05) is 11.9 Å². The van der Waals surface area contributed by atoms with E-state index in [2.05, 4.69) is 15.7 Å². The fourth-order valence-electron chi connectivity index (χ4n) is 2.01. The molecule has 0 radical (unpaired) electrons. The lowest BCUT2D eigenvalue weighted by atomic mass is 10.3. The van der Waals surface area contributed by atoms with E-state index in [1.54, 1.807) is 47.4 Å². The van der Waals surface area contributed by atoms with Crippen molar-refractivity contribution in [2.45, 2.75) is 26.4 Å². The normalized spacial score (nSPS) is 11.6. The van der Waals surface area contributed by atoms with Crippen LogP contribution in [0, 0.1) is 0 Å². The van der Waals surface area contributed by atoms with Gasteiger partial charge in [0.15, 0.2) is 0 Å². The Morgan fingerprint density at radius 1 is 1.26 bits per heavy atom. The lowest BCUT2D eigenvalue weighted by molar-refractivity contribution is -0.136. The van der Waals surface area contributed by atoms with E-state index < -0.39 is 11.8 Å². The van der Waals surface area contributed by atoms with Gasteiger partial charge in [0.25, 0.3) is 0 Å². The van der Waals surface area contributed by atoms with Gasteiger partial charge in [-0.25, -0.2) is 0 Å². The van der Waals surface area contributed by atoms with Crippen LogP contribution in [0.15, 0.2) is 42.7 Å². The molecule has 2 rings (SSSR count). The molecule has 0 aliphatic carbocycles. The van der Waals surface area contributed by atoms with Gasteiger partial charge in [0.05, 0.1) is 13.2 Å². The van der Waals surface area contributed by atoms with Crippen LogP contribution in [-0.2, 0) is 16.1 Å². The molecule has 1 aromatic carbocycles. The van der Waals surface area contributed by atoms with E-state index in [4.69, 9.17) is 4.74 Å². The lowest BCUT2D eigenvalue weighted by Crippen LogP contribution is -2.42. The molecule has 122 valence electrons. The lowest BCUT2D eigenvalue weighted by Gasteiger charge is -2.13. The fourth-order valence-corrected chi connectivity index (χ4v) is 2.01. The number of carbonyl (C=O) groups is 2. The highest BCUT2D eigenvalue weighted by molar-refractivity contribution is 6.39. The van der Waals surface area contributed by atoms with Gasteiger partial charge in [-0.3, -0.25) is 14.3 Å². The van der Waals surface area contributed by atoms with Crippen LogP contribution in [0.1, 0.15) is 13.8 Å². The molecule has 1 heterocycles. The molecular weight excluding hydrogens is 296 g/mol. The van der Waals surface area contributed by atoms with E-state index in [1.165, 1.54) is 0 Å². The van der Waals surface area contributed by atoms with E-state index in [-0.39, 0.29) is 6.04 Å². The van der Waals surface area contributed by atoms with Crippen molar-refractivity contribution in [3.05, 3.63) is 42.7 Å². The molecule has 7 heteroatoms. The number of amides is 2. The second-order valence-electron chi connectivity index (χ2n) is 5.01. The van der Waals surface area contributed by atoms with Crippen LogP contribution in [0.3, 0.4) is 0 Å². The number of nitrogens with one attached hydrogen (secondary N) is 2. The van der Waals surface area contributed by atoms with E-state index in [0.29, 0.717) is 24.6 Å². The first kappa shape index (κ1) is 16.5. The Hall–Kier alpha value is -2.83. The van der Waals surface area contributed by atoms with Crippen LogP contribution < -0.4 is 15.4 Å². The Morgan fingerprint density at radius 3 is 2.61 bits per heavy atom. The largest absolute Gasteiger partial charge is 0.494 e. The molecule has 23 heavy (non-hydrogen) atoms. The molecule has 7 nitrogen and oxygen atoms in total. The first-order chi connectivity index (χ1) is 11.1. The van der Waals surface area contributed by atoms with Crippen molar-refractivity contribution in [2.24, 2.45) is 0 Å². The average molecular weight is 316 g/mol. The summed E-state index contributed by atoms with van der Waals surface area (Å²) in [6, 6.07) is 8.42. The predicted octanol–water partition coefficient (Wildman–Crippen LogP) is 1.43. The third-order valence-corrected chi connectivity index (χ3v) is 3.03. The van der Waals surface area contributed by atoms with Crippen molar-refractivity contribution >= 4 is 17.5 Å². The maximum Gasteiger partial charge on any atom is 0.313 e. The number of ether oxygens (including phenoxy) is 1. The zero-order valence-electron chi connectivity index (χ0n) is 13.2. The molecule has 1 aromatic heterocycles. The predicted molar refractivity (Wildman–Crippen MR) is 86.1 cm³/mol. The van der Waals surface area contributed by atoms with Gasteiger partial charge in [0.1, 0.15) is 5.75 Å². The quantitative estimate of drug-likeness (QED) is 0.789. The minimum Gasteiger partial charge on any atom is -0.494 e. The molecule has 1 atom stereocenters. The number of hydrogen-bond acceptors (Lipinski definition) is 4. The minimum absolute atomic E-state index is 0.214. The standard InChI is InChI=1S/C16H20N4O3/c1-3-23-14-7-5-13(6-8-14)19-16(22)15(21)18-12(2)11-20-10-4-9-17-20/h4-10,12H,3,11H2,1-2H3,(H,18,21)(H,19,22). The van der Waals surface area contributed by atoms with Gasteiger partial charge in [-0.2, -0.15) is 5.10 Å². The Labute approximate surface area is 134 Å². The summed E-state index contributed by atoms with van der Waals surface area (Å²) in [6.45, 7) is 4.77. The maximum atomic E-state index is 11.9. The molecule has 2 N–H and O–H groups in total. The third kappa shape index (κ3) is 5.14. The second kappa shape index (κ2) is 7.98. The number of benzene rings is 1. The summed E-state index contributed by atoms with van der Waals surface area (Å²) in [5, 5.41) is 9.23. The van der Waals surface area contributed by atoms with E-state index in [0.717, 1.165) is 0 Å². The highest BCUT2D eigenvalue weighted by Crippen LogP contribution is 2.15. The molecule has 0 saturated carbocycles. The summed E-state index contributed by atoms with van der Waals surface area (Å²) in [6.07, 6.45) is 3.45. The van der Waals surface area contributed by atoms with Gasteiger partial charge in [0.2, 0.25) is 0 Å². The van der Waals surface area contributed by atoms with Crippen molar-refractivity contribution < 1.29 is 14.3 Å². The monoisotopic (exact) mass is 316 g/mol. The van der Waals surface area contributed by atoms with Crippen LogP contribution in [0.5, 0.6) is 5.75 Å². The van der Waals surface area contributed by atoms with Crippen molar-refractivity contribution in [3.8, 4) is 5.75 Å². The van der Waals surface area contributed by atoms with Crippen LogP contribution in [-0.4, -0.2) is 34.2 Å². The SMILES string of the molecule is CCOc1ccc(NC(=O)C(=O)NC(C)Cn2cccn2)cc1. The number of aromatic nitrogens is 2. The molecule has 2 aromatic rings. The van der Waals surface area contributed by atoms with Crippen LogP contribution in [0.4, 0.5) is 5.69 Å². The molecule has 0 saturated heterocycles. The number of anilines is 1. The van der Waals surface area contributed by atoms with E-state index in [9.17, 15) is 9.59 Å². The summed E-state index contributed by atoms with van der Waals surface area (Å²) in [5.41, 5.74) is 0.535. The molecule has 0 bridgehead atoms. The van der Waals surface area contributed by atoms with Crippen LogP contribution in [0.25, 0.3) is 0 Å². The Morgan fingerprint density at radius 2 is 2.00 bits per heavy atom. The maximum absolute atomic E-state index is 11.9. The third-order valence-electron chi connectivity index (χ3n) is 3.03. The first-order valence-corrected chi connectivity index (χ1v) is 7.40. The summed E-state index contributed by atoms with van der Waals surface area (Å²) < 4.78 is 7.01. The highest BCUT2D eigenvalue weighted by Gasteiger charge is 2.16. The van der Waals surface area contributed by atoms with Gasteiger partial charge < -0.3 is 15.4 Å². The van der Waals surface area contributed by atoms with Gasteiger partial charge >= 0.3 is 11.8 Å². The smallest absolute Gasteiger partial charge is 0.313 e. The molecule has 2 amide bonds. The number of nitrogens with zero attached hydrogens (tertiary/aromatic N) is 2. The zero-order chi connectivity index (χ0) is 16.7. The first-order valence-electron chi connectivity index (χ1n) is 7.40. The molecular formula is C16H20N4O3. The van der Waals surface area contributed by atoms with Crippen LogP contribution >= 0.6 is 0 Å². The molecule has 1 unspecified atom stereocenters. The molecule has 0 fully saturated rings. The zero-order valence-corrected chi connectivity index (χ0v) is 13.2.